The van der Waals surface area contributed by atoms with Gasteiger partial charge in [-0.2, -0.15) is 5.10 Å². The van der Waals surface area contributed by atoms with Crippen LogP contribution in [0, 0.1) is 0 Å². The first-order valence-corrected chi connectivity index (χ1v) is 10.00. The van der Waals surface area contributed by atoms with E-state index in [-0.39, 0.29) is 0 Å². The molecule has 0 aliphatic heterocycles. The van der Waals surface area contributed by atoms with Crippen molar-refractivity contribution in [1.82, 2.24) is 4.57 Å². The van der Waals surface area contributed by atoms with Gasteiger partial charge in [-0.1, -0.05) is 35.6 Å². The van der Waals surface area contributed by atoms with Gasteiger partial charge in [0.15, 0.2) is 0 Å². The maximum absolute atomic E-state index is 5.68. The number of allylic oxidation sites excluding steroid dienone is 4. The Morgan fingerprint density at radius 2 is 2.00 bits per heavy atom. The first-order valence-electron chi connectivity index (χ1n) is 9.18. The summed E-state index contributed by atoms with van der Waals surface area (Å²) in [5, 5.41) is 8.72. The largest absolute Gasteiger partial charge is 0.330 e. The molecule has 7 heteroatoms. The molecule has 0 unspecified atom stereocenters. The zero-order valence-electron chi connectivity index (χ0n) is 15.8. The van der Waals surface area contributed by atoms with E-state index in [9.17, 15) is 0 Å². The van der Waals surface area contributed by atoms with Crippen molar-refractivity contribution in [2.75, 3.05) is 19.6 Å². The zero-order valence-corrected chi connectivity index (χ0v) is 16.6. The summed E-state index contributed by atoms with van der Waals surface area (Å²) in [4.78, 5) is 5.14. The molecule has 27 heavy (non-hydrogen) atoms. The van der Waals surface area contributed by atoms with E-state index in [4.69, 9.17) is 11.5 Å². The number of benzene rings is 1. The number of aromatic nitrogens is 1. The number of aryl methyl sites for hydroxylation is 1. The Kier molecular flexibility index (Phi) is 9.40. The van der Waals surface area contributed by atoms with Crippen LogP contribution in [-0.4, -0.2) is 36.6 Å². The third-order valence-electron chi connectivity index (χ3n) is 3.83. The minimum absolute atomic E-state index is 0.653. The van der Waals surface area contributed by atoms with E-state index in [0.29, 0.717) is 13.1 Å². The van der Waals surface area contributed by atoms with Crippen molar-refractivity contribution >= 4 is 34.0 Å². The van der Waals surface area contributed by atoms with Gasteiger partial charge in [0, 0.05) is 19.3 Å². The van der Waals surface area contributed by atoms with Crippen LogP contribution in [-0.2, 0) is 6.54 Å². The second kappa shape index (κ2) is 12.1. The van der Waals surface area contributed by atoms with Crippen LogP contribution < -0.4 is 16.3 Å². The summed E-state index contributed by atoms with van der Waals surface area (Å²) in [5.74, 6) is 0. The van der Waals surface area contributed by atoms with E-state index in [0.717, 1.165) is 36.3 Å². The molecule has 1 aromatic carbocycles. The first kappa shape index (κ1) is 21.0. The number of fused-ring (bicyclic) bond motifs is 1. The van der Waals surface area contributed by atoms with Crippen LogP contribution in [0.3, 0.4) is 0 Å². The van der Waals surface area contributed by atoms with Crippen molar-refractivity contribution in [1.29, 1.82) is 0 Å². The van der Waals surface area contributed by atoms with Crippen LogP contribution in [0.2, 0.25) is 0 Å². The summed E-state index contributed by atoms with van der Waals surface area (Å²) < 4.78 is 3.38. The molecular weight excluding hydrogens is 356 g/mol. The zero-order chi connectivity index (χ0) is 19.3. The highest BCUT2D eigenvalue weighted by Crippen LogP contribution is 2.16. The van der Waals surface area contributed by atoms with Gasteiger partial charge < -0.3 is 16.0 Å². The van der Waals surface area contributed by atoms with Gasteiger partial charge >= 0.3 is 0 Å². The SMILES string of the molecule is C/C=C(\C=C/C=N/CCCN)/C=N/N=c1\sc2ccccc2n1CCCN. The molecule has 0 aliphatic rings. The Morgan fingerprint density at radius 1 is 1.19 bits per heavy atom. The van der Waals surface area contributed by atoms with Gasteiger partial charge in [0.2, 0.25) is 4.80 Å². The van der Waals surface area contributed by atoms with Gasteiger partial charge in [0.1, 0.15) is 0 Å². The highest BCUT2D eigenvalue weighted by Gasteiger charge is 2.04. The molecular formula is C20H28N6S. The molecule has 0 atom stereocenters. The van der Waals surface area contributed by atoms with Crippen LogP contribution in [0.25, 0.3) is 10.2 Å². The van der Waals surface area contributed by atoms with E-state index in [2.05, 4.69) is 31.9 Å². The minimum atomic E-state index is 0.653. The van der Waals surface area contributed by atoms with Gasteiger partial charge in [-0.05, 0) is 56.6 Å². The van der Waals surface area contributed by atoms with Crippen molar-refractivity contribution in [3.05, 3.63) is 52.9 Å². The highest BCUT2D eigenvalue weighted by molar-refractivity contribution is 7.16. The van der Waals surface area contributed by atoms with Crippen LogP contribution in [0.4, 0.5) is 0 Å². The van der Waals surface area contributed by atoms with Crippen LogP contribution in [0.5, 0.6) is 0 Å². The molecule has 1 aromatic heterocycles. The van der Waals surface area contributed by atoms with Gasteiger partial charge in [0.25, 0.3) is 0 Å². The number of hydrogen-bond acceptors (Lipinski definition) is 6. The first-order chi connectivity index (χ1) is 13.3. The monoisotopic (exact) mass is 384 g/mol. The number of aliphatic imine (C=N–C) groups is 1. The molecule has 0 spiro atoms. The second-order valence-corrected chi connectivity index (χ2v) is 6.85. The molecule has 1 heterocycles. The molecule has 2 aromatic rings. The van der Waals surface area contributed by atoms with E-state index >= 15 is 0 Å². The summed E-state index contributed by atoms with van der Waals surface area (Å²) in [6.07, 6.45) is 11.2. The van der Waals surface area contributed by atoms with Crippen LogP contribution >= 0.6 is 11.3 Å². The Bertz CT molecular complexity index is 885. The predicted molar refractivity (Wildman–Crippen MR) is 117 cm³/mol. The van der Waals surface area contributed by atoms with E-state index in [1.54, 1.807) is 23.8 Å². The van der Waals surface area contributed by atoms with E-state index < -0.39 is 0 Å². The van der Waals surface area contributed by atoms with Crippen LogP contribution in [0.1, 0.15) is 19.8 Å². The third-order valence-corrected chi connectivity index (χ3v) is 4.88. The lowest BCUT2D eigenvalue weighted by Crippen LogP contribution is -2.16. The smallest absolute Gasteiger partial charge is 0.211 e. The molecule has 0 aliphatic carbocycles. The highest BCUT2D eigenvalue weighted by atomic mass is 32.1. The molecule has 0 saturated carbocycles. The van der Waals surface area contributed by atoms with Crippen molar-refractivity contribution in [3.8, 4) is 0 Å². The molecule has 0 radical (unpaired) electrons. The molecule has 0 saturated heterocycles. The van der Waals surface area contributed by atoms with Gasteiger partial charge in [0.05, 0.1) is 16.4 Å². The number of para-hydroxylation sites is 1. The summed E-state index contributed by atoms with van der Waals surface area (Å²) in [6.45, 7) is 4.88. The van der Waals surface area contributed by atoms with E-state index in [1.807, 2.05) is 37.3 Å². The quantitative estimate of drug-likeness (QED) is 0.285. The van der Waals surface area contributed by atoms with Crippen molar-refractivity contribution < 1.29 is 0 Å². The lowest BCUT2D eigenvalue weighted by atomic mass is 10.2. The second-order valence-electron chi connectivity index (χ2n) is 5.84. The molecule has 0 fully saturated rings. The molecule has 2 rings (SSSR count). The Hall–Kier alpha value is -2.35. The van der Waals surface area contributed by atoms with E-state index in [1.165, 1.54) is 10.2 Å². The Labute approximate surface area is 164 Å². The third kappa shape index (κ3) is 6.71. The average molecular weight is 385 g/mol. The van der Waals surface area contributed by atoms with Crippen molar-refractivity contribution in [3.63, 3.8) is 0 Å². The minimum Gasteiger partial charge on any atom is -0.330 e. The lowest BCUT2D eigenvalue weighted by molar-refractivity contribution is 0.650. The van der Waals surface area contributed by atoms with Crippen molar-refractivity contribution in [2.24, 2.45) is 26.7 Å². The van der Waals surface area contributed by atoms with Crippen molar-refractivity contribution in [2.45, 2.75) is 26.3 Å². The standard InChI is InChI=1S/C20H28N6S/c1-2-17(8-5-13-23-14-6-11-21)16-24-25-20-26(15-7-12-22)18-9-3-4-10-19(18)27-20/h2-5,8-10,13,16H,6-7,11-12,14-15,21-22H2,1H3/b8-5-,17-2+,23-13+,24-16+,25-20-. The summed E-state index contributed by atoms with van der Waals surface area (Å²) in [5.41, 5.74) is 13.3. The fourth-order valence-electron chi connectivity index (χ4n) is 2.39. The summed E-state index contributed by atoms with van der Waals surface area (Å²) in [7, 11) is 0. The number of nitrogens with zero attached hydrogens (tertiary/aromatic N) is 4. The number of hydrogen-bond donors (Lipinski definition) is 2. The van der Waals surface area contributed by atoms with Gasteiger partial charge in [-0.25, -0.2) is 0 Å². The Morgan fingerprint density at radius 3 is 2.78 bits per heavy atom. The maximum atomic E-state index is 5.68. The van der Waals surface area contributed by atoms with Gasteiger partial charge in [-0.15, -0.1) is 5.10 Å². The predicted octanol–water partition coefficient (Wildman–Crippen LogP) is 2.86. The number of thiazole rings is 1. The topological polar surface area (TPSA) is 94.0 Å². The normalized spacial score (nSPS) is 13.9. The molecule has 4 N–H and O–H groups in total. The summed E-state index contributed by atoms with van der Waals surface area (Å²) >= 11 is 1.64. The molecule has 144 valence electrons. The maximum Gasteiger partial charge on any atom is 0.211 e. The Balaban J connectivity index is 2.15. The fraction of sp³-hybridized carbons (Fsp3) is 0.350. The lowest BCUT2D eigenvalue weighted by Gasteiger charge is -2.02. The number of nitrogens with two attached hydrogens (primary N) is 2. The fourth-order valence-corrected chi connectivity index (χ4v) is 3.41. The summed E-state index contributed by atoms with van der Waals surface area (Å²) in [6, 6.07) is 8.29. The van der Waals surface area contributed by atoms with Gasteiger partial charge in [-0.3, -0.25) is 4.99 Å². The average Bonchev–Trinajstić information content (AvgIpc) is 3.05. The molecule has 0 amide bonds. The van der Waals surface area contributed by atoms with Crippen LogP contribution in [0.15, 0.2) is 63.3 Å². The molecule has 0 bridgehead atoms. The number of rotatable bonds is 10. The molecule has 6 nitrogen and oxygen atoms in total.